The monoisotopic (exact) mass is 253 g/mol. The molecule has 0 aromatic rings. The molecule has 0 spiro atoms. The molecule has 0 aromatic carbocycles. The van der Waals surface area contributed by atoms with Crippen LogP contribution >= 0.6 is 0 Å². The second-order valence-corrected chi connectivity index (χ2v) is 5.86. The molecule has 0 bridgehead atoms. The topological polar surface area (TPSA) is 54.3 Å². The van der Waals surface area contributed by atoms with E-state index in [1.807, 2.05) is 13.8 Å². The average molecular weight is 253 g/mol. The SMILES string of the molecule is CO/N=C(\C)C1C(=O)N(C(C)C)N=C1C(C)(C)C. The third-order valence-electron chi connectivity index (χ3n) is 2.87. The minimum absolute atomic E-state index is 0.0202. The van der Waals surface area contributed by atoms with Gasteiger partial charge in [-0.1, -0.05) is 25.9 Å². The highest BCUT2D eigenvalue weighted by Gasteiger charge is 2.43. The first-order valence-corrected chi connectivity index (χ1v) is 6.19. The summed E-state index contributed by atoms with van der Waals surface area (Å²) in [6.45, 7) is 11.9. The molecule has 0 saturated carbocycles. The Balaban J connectivity index is 3.20. The van der Waals surface area contributed by atoms with Crippen molar-refractivity contribution >= 4 is 17.3 Å². The minimum atomic E-state index is -0.396. The van der Waals surface area contributed by atoms with Crippen LogP contribution in [0, 0.1) is 11.3 Å². The summed E-state index contributed by atoms with van der Waals surface area (Å²) in [6.07, 6.45) is 0. The second kappa shape index (κ2) is 5.08. The van der Waals surface area contributed by atoms with Gasteiger partial charge in [0, 0.05) is 11.5 Å². The fourth-order valence-electron chi connectivity index (χ4n) is 2.00. The van der Waals surface area contributed by atoms with Crippen molar-refractivity contribution in [1.82, 2.24) is 5.01 Å². The number of amides is 1. The van der Waals surface area contributed by atoms with Crippen LogP contribution in [-0.4, -0.2) is 35.5 Å². The molecule has 0 aromatic heterocycles. The number of nitrogens with zero attached hydrogens (tertiary/aromatic N) is 3. The zero-order chi connectivity index (χ0) is 14.1. The highest BCUT2D eigenvalue weighted by Crippen LogP contribution is 2.30. The first kappa shape index (κ1) is 14.7. The van der Waals surface area contributed by atoms with E-state index in [4.69, 9.17) is 4.84 Å². The molecule has 1 aliphatic rings. The first-order valence-electron chi connectivity index (χ1n) is 6.19. The van der Waals surface area contributed by atoms with Gasteiger partial charge in [0.2, 0.25) is 0 Å². The maximum atomic E-state index is 12.4. The van der Waals surface area contributed by atoms with Crippen molar-refractivity contribution in [2.45, 2.75) is 47.6 Å². The number of carbonyl (C=O) groups is 1. The van der Waals surface area contributed by atoms with E-state index >= 15 is 0 Å². The van der Waals surface area contributed by atoms with Crippen molar-refractivity contribution in [3.05, 3.63) is 0 Å². The van der Waals surface area contributed by atoms with Crippen LogP contribution in [0.5, 0.6) is 0 Å². The van der Waals surface area contributed by atoms with Gasteiger partial charge < -0.3 is 4.84 Å². The average Bonchev–Trinajstić information content (AvgIpc) is 2.55. The largest absolute Gasteiger partial charge is 0.399 e. The fraction of sp³-hybridized carbons (Fsp3) is 0.769. The standard InChI is InChI=1S/C13H23N3O2/c1-8(2)16-12(17)10(9(3)15-18-7)11(14-16)13(4,5)6/h8,10H,1-7H3/b15-9+. The number of hydrazone groups is 1. The molecule has 1 rings (SSSR count). The number of rotatable bonds is 3. The summed E-state index contributed by atoms with van der Waals surface area (Å²) < 4.78 is 0. The van der Waals surface area contributed by atoms with E-state index in [1.54, 1.807) is 11.9 Å². The Hall–Kier alpha value is -1.39. The van der Waals surface area contributed by atoms with E-state index in [2.05, 4.69) is 31.0 Å². The fourth-order valence-corrected chi connectivity index (χ4v) is 2.00. The van der Waals surface area contributed by atoms with Crippen LogP contribution in [0.25, 0.3) is 0 Å². The third kappa shape index (κ3) is 2.71. The zero-order valence-corrected chi connectivity index (χ0v) is 12.3. The van der Waals surface area contributed by atoms with Crippen molar-refractivity contribution in [3.63, 3.8) is 0 Å². The van der Waals surface area contributed by atoms with Crippen LogP contribution < -0.4 is 0 Å². The van der Waals surface area contributed by atoms with Crippen molar-refractivity contribution in [1.29, 1.82) is 0 Å². The van der Waals surface area contributed by atoms with Gasteiger partial charge in [0.05, 0.1) is 11.4 Å². The number of hydrogen-bond donors (Lipinski definition) is 0. The normalized spacial score (nSPS) is 21.7. The molecule has 0 saturated heterocycles. The maximum Gasteiger partial charge on any atom is 0.257 e. The molecule has 18 heavy (non-hydrogen) atoms. The van der Waals surface area contributed by atoms with Gasteiger partial charge in [-0.15, -0.1) is 0 Å². The molecule has 0 fully saturated rings. The lowest BCUT2D eigenvalue weighted by atomic mass is 9.80. The molecule has 1 heterocycles. The quantitative estimate of drug-likeness (QED) is 0.572. The van der Waals surface area contributed by atoms with E-state index < -0.39 is 5.92 Å². The van der Waals surface area contributed by atoms with Gasteiger partial charge in [0.1, 0.15) is 13.0 Å². The summed E-state index contributed by atoms with van der Waals surface area (Å²) in [5.41, 5.74) is 1.33. The van der Waals surface area contributed by atoms with Gasteiger partial charge in [-0.05, 0) is 20.8 Å². The van der Waals surface area contributed by atoms with E-state index in [0.29, 0.717) is 5.71 Å². The predicted octanol–water partition coefficient (Wildman–Crippen LogP) is 2.28. The molecule has 1 amide bonds. The van der Waals surface area contributed by atoms with Crippen LogP contribution in [-0.2, 0) is 9.63 Å². The zero-order valence-electron chi connectivity index (χ0n) is 12.3. The maximum absolute atomic E-state index is 12.4. The van der Waals surface area contributed by atoms with E-state index in [9.17, 15) is 4.79 Å². The van der Waals surface area contributed by atoms with E-state index in [-0.39, 0.29) is 17.4 Å². The summed E-state index contributed by atoms with van der Waals surface area (Å²) in [4.78, 5) is 17.2. The predicted molar refractivity (Wildman–Crippen MR) is 72.5 cm³/mol. The molecule has 1 aliphatic heterocycles. The summed E-state index contributed by atoms with van der Waals surface area (Å²) in [7, 11) is 1.48. The minimum Gasteiger partial charge on any atom is -0.399 e. The molecular weight excluding hydrogens is 230 g/mol. The van der Waals surface area contributed by atoms with Gasteiger partial charge in [-0.25, -0.2) is 5.01 Å². The van der Waals surface area contributed by atoms with Crippen LogP contribution in [0.1, 0.15) is 41.5 Å². The Kier molecular flexibility index (Phi) is 4.14. The van der Waals surface area contributed by atoms with Crippen LogP contribution in [0.3, 0.4) is 0 Å². The lowest BCUT2D eigenvalue weighted by Gasteiger charge is -2.22. The first-order chi connectivity index (χ1) is 8.20. The van der Waals surface area contributed by atoms with Crippen LogP contribution in [0.2, 0.25) is 0 Å². The molecule has 5 heteroatoms. The number of oxime groups is 1. The van der Waals surface area contributed by atoms with Crippen molar-refractivity contribution in [3.8, 4) is 0 Å². The molecule has 0 N–H and O–H groups in total. The second-order valence-electron chi connectivity index (χ2n) is 5.86. The van der Waals surface area contributed by atoms with Crippen molar-refractivity contribution in [2.24, 2.45) is 21.6 Å². The van der Waals surface area contributed by atoms with Gasteiger partial charge in [0.25, 0.3) is 5.91 Å². The lowest BCUT2D eigenvalue weighted by Crippen LogP contribution is -2.38. The Labute approximate surface area is 109 Å². The Morgan fingerprint density at radius 3 is 2.39 bits per heavy atom. The lowest BCUT2D eigenvalue weighted by molar-refractivity contribution is -0.131. The van der Waals surface area contributed by atoms with E-state index in [1.165, 1.54) is 7.11 Å². The molecule has 102 valence electrons. The summed E-state index contributed by atoms with van der Waals surface area (Å²) in [5, 5.41) is 9.93. The summed E-state index contributed by atoms with van der Waals surface area (Å²) in [6, 6.07) is 0.0511. The van der Waals surface area contributed by atoms with E-state index in [0.717, 1.165) is 5.71 Å². The molecule has 5 nitrogen and oxygen atoms in total. The summed E-state index contributed by atoms with van der Waals surface area (Å²) in [5.74, 6) is -0.416. The van der Waals surface area contributed by atoms with Gasteiger partial charge in [-0.3, -0.25) is 4.79 Å². The van der Waals surface area contributed by atoms with Crippen molar-refractivity contribution in [2.75, 3.05) is 7.11 Å². The van der Waals surface area contributed by atoms with Crippen LogP contribution in [0.4, 0.5) is 0 Å². The third-order valence-corrected chi connectivity index (χ3v) is 2.87. The van der Waals surface area contributed by atoms with Crippen molar-refractivity contribution < 1.29 is 9.63 Å². The highest BCUT2D eigenvalue weighted by molar-refractivity contribution is 6.24. The highest BCUT2D eigenvalue weighted by atomic mass is 16.6. The molecular formula is C13H23N3O2. The summed E-state index contributed by atoms with van der Waals surface area (Å²) >= 11 is 0. The molecule has 0 radical (unpaired) electrons. The number of carbonyl (C=O) groups excluding carboxylic acids is 1. The number of hydrogen-bond acceptors (Lipinski definition) is 4. The van der Waals surface area contributed by atoms with Gasteiger partial charge in [0.15, 0.2) is 0 Å². The van der Waals surface area contributed by atoms with Gasteiger partial charge >= 0.3 is 0 Å². The van der Waals surface area contributed by atoms with Crippen LogP contribution in [0.15, 0.2) is 10.3 Å². The Morgan fingerprint density at radius 1 is 1.44 bits per heavy atom. The molecule has 0 aliphatic carbocycles. The van der Waals surface area contributed by atoms with Gasteiger partial charge in [-0.2, -0.15) is 5.10 Å². The molecule has 1 atom stereocenters. The smallest absolute Gasteiger partial charge is 0.257 e. The molecule has 1 unspecified atom stereocenters. The Bertz CT molecular complexity index is 392. The Morgan fingerprint density at radius 2 is 2.00 bits per heavy atom.